The maximum absolute atomic E-state index is 6.12. The zero-order valence-electron chi connectivity index (χ0n) is 8.57. The molecule has 0 saturated carbocycles. The van der Waals surface area contributed by atoms with Crippen LogP contribution in [-0.4, -0.2) is 4.68 Å². The van der Waals surface area contributed by atoms with Crippen LogP contribution in [0.1, 0.15) is 11.1 Å². The van der Waals surface area contributed by atoms with Crippen LogP contribution < -0.4 is 5.43 Å². The topological polar surface area (TPSA) is 17.0 Å². The molecule has 0 aliphatic carbocycles. The zero-order valence-corrected chi connectivity index (χ0v) is 9.33. The molecule has 2 nitrogen and oxygen atoms in total. The summed E-state index contributed by atoms with van der Waals surface area (Å²) in [6, 6.07) is 10.1. The van der Waals surface area contributed by atoms with Crippen molar-refractivity contribution in [3.8, 4) is 0 Å². The predicted octanol–water partition coefficient (Wildman–Crippen LogP) is 3.19. The van der Waals surface area contributed by atoms with Crippen LogP contribution in [0.4, 0.5) is 0 Å². The Morgan fingerprint density at radius 2 is 2.00 bits per heavy atom. The van der Waals surface area contributed by atoms with Crippen molar-refractivity contribution in [2.24, 2.45) is 0 Å². The van der Waals surface area contributed by atoms with E-state index in [0.29, 0.717) is 0 Å². The molecule has 1 heterocycles. The summed E-state index contributed by atoms with van der Waals surface area (Å²) in [6.45, 7) is 2.77. The highest BCUT2D eigenvalue weighted by Crippen LogP contribution is 2.17. The fraction of sp³-hybridized carbons (Fsp3) is 0.167. The van der Waals surface area contributed by atoms with Crippen LogP contribution in [0.15, 0.2) is 42.7 Å². The summed E-state index contributed by atoms with van der Waals surface area (Å²) in [6.07, 6.45) is 3.92. The van der Waals surface area contributed by atoms with Gasteiger partial charge < -0.3 is 5.43 Å². The number of nitrogens with one attached hydrogen (secondary N) is 1. The molecule has 15 heavy (non-hydrogen) atoms. The van der Waals surface area contributed by atoms with Gasteiger partial charge >= 0.3 is 0 Å². The molecule has 0 aliphatic heterocycles. The Hall–Kier alpha value is -1.41. The summed E-state index contributed by atoms with van der Waals surface area (Å²) in [5, 5.41) is 0.814. The fourth-order valence-electron chi connectivity index (χ4n) is 1.41. The van der Waals surface area contributed by atoms with E-state index >= 15 is 0 Å². The van der Waals surface area contributed by atoms with Crippen LogP contribution in [0.3, 0.4) is 0 Å². The molecule has 0 spiro atoms. The third-order valence-corrected chi connectivity index (χ3v) is 2.62. The maximum atomic E-state index is 6.12. The molecule has 78 valence electrons. The first-order valence-corrected chi connectivity index (χ1v) is 5.25. The summed E-state index contributed by atoms with van der Waals surface area (Å²) in [7, 11) is 0. The quantitative estimate of drug-likeness (QED) is 0.841. The fourth-order valence-corrected chi connectivity index (χ4v) is 1.71. The van der Waals surface area contributed by atoms with Gasteiger partial charge in [-0.05, 0) is 36.2 Å². The molecule has 1 aromatic carbocycles. The minimum absolute atomic E-state index is 0.730. The van der Waals surface area contributed by atoms with Gasteiger partial charge in [-0.15, -0.1) is 0 Å². The minimum atomic E-state index is 0.730. The Kier molecular flexibility index (Phi) is 2.97. The van der Waals surface area contributed by atoms with Crippen molar-refractivity contribution in [1.29, 1.82) is 0 Å². The number of rotatable bonds is 3. The van der Waals surface area contributed by atoms with Crippen LogP contribution in [0, 0.1) is 6.92 Å². The Bertz CT molecular complexity index is 435. The van der Waals surface area contributed by atoms with Gasteiger partial charge in [0.05, 0.1) is 6.54 Å². The summed E-state index contributed by atoms with van der Waals surface area (Å²) in [5.74, 6) is 0. The number of aryl methyl sites for hydroxylation is 1. The molecule has 0 unspecified atom stereocenters. The maximum Gasteiger partial charge on any atom is 0.0578 e. The lowest BCUT2D eigenvalue weighted by molar-refractivity contribution is 0.847. The smallest absolute Gasteiger partial charge is 0.0578 e. The third-order valence-electron chi connectivity index (χ3n) is 2.27. The molecule has 1 N–H and O–H groups in total. The number of aromatic nitrogens is 1. The lowest BCUT2D eigenvalue weighted by atomic mass is 10.1. The molecular weight excluding hydrogens is 208 g/mol. The summed E-state index contributed by atoms with van der Waals surface area (Å²) in [5.41, 5.74) is 5.53. The molecule has 0 atom stereocenters. The molecular formula is C12H13ClN2. The van der Waals surface area contributed by atoms with Crippen molar-refractivity contribution in [3.05, 3.63) is 58.9 Å². The average molecular weight is 221 g/mol. The number of hydrogen-bond donors (Lipinski definition) is 1. The van der Waals surface area contributed by atoms with Crippen molar-refractivity contribution in [2.45, 2.75) is 13.5 Å². The van der Waals surface area contributed by atoms with E-state index in [1.165, 1.54) is 5.56 Å². The Morgan fingerprint density at radius 3 is 2.67 bits per heavy atom. The molecule has 2 rings (SSSR count). The molecule has 0 bridgehead atoms. The van der Waals surface area contributed by atoms with E-state index in [2.05, 4.69) is 11.5 Å². The van der Waals surface area contributed by atoms with E-state index in [-0.39, 0.29) is 0 Å². The van der Waals surface area contributed by atoms with Crippen molar-refractivity contribution in [3.63, 3.8) is 0 Å². The lowest BCUT2D eigenvalue weighted by Gasteiger charge is -2.09. The van der Waals surface area contributed by atoms with Gasteiger partial charge in [-0.3, -0.25) is 4.68 Å². The lowest BCUT2D eigenvalue weighted by Crippen LogP contribution is -2.12. The largest absolute Gasteiger partial charge is 0.322 e. The van der Waals surface area contributed by atoms with Gasteiger partial charge in [0.15, 0.2) is 0 Å². The second kappa shape index (κ2) is 4.41. The Labute approximate surface area is 94.5 Å². The second-order valence-corrected chi connectivity index (χ2v) is 3.93. The molecule has 3 heteroatoms. The molecule has 0 aliphatic rings. The van der Waals surface area contributed by atoms with Crippen LogP contribution in [0.5, 0.6) is 0 Å². The first-order valence-electron chi connectivity index (χ1n) is 4.87. The van der Waals surface area contributed by atoms with E-state index < -0.39 is 0 Å². The zero-order chi connectivity index (χ0) is 10.7. The Balaban J connectivity index is 2.05. The van der Waals surface area contributed by atoms with Crippen molar-refractivity contribution in [1.82, 2.24) is 4.68 Å². The molecule has 0 radical (unpaired) electrons. The van der Waals surface area contributed by atoms with Crippen molar-refractivity contribution < 1.29 is 0 Å². The van der Waals surface area contributed by atoms with Crippen LogP contribution >= 0.6 is 11.6 Å². The first kappa shape index (κ1) is 10.1. The second-order valence-electron chi connectivity index (χ2n) is 3.52. The first-order chi connectivity index (χ1) is 7.25. The van der Waals surface area contributed by atoms with Gasteiger partial charge in [0.2, 0.25) is 0 Å². The standard InChI is InChI=1S/C12H13ClN2/c1-10-4-5-11(12(13)8-10)9-14-15-6-2-3-7-15/h2-8,14H,9H2,1H3. The summed E-state index contributed by atoms with van der Waals surface area (Å²) < 4.78 is 1.91. The molecule has 0 amide bonds. The number of nitrogens with zero attached hydrogens (tertiary/aromatic N) is 1. The van der Waals surface area contributed by atoms with E-state index in [4.69, 9.17) is 11.6 Å². The average Bonchev–Trinajstić information content (AvgIpc) is 2.69. The summed E-state index contributed by atoms with van der Waals surface area (Å²) >= 11 is 6.12. The molecule has 1 aromatic heterocycles. The normalized spacial score (nSPS) is 10.3. The van der Waals surface area contributed by atoms with E-state index in [9.17, 15) is 0 Å². The monoisotopic (exact) mass is 220 g/mol. The van der Waals surface area contributed by atoms with Gasteiger partial charge in [0.25, 0.3) is 0 Å². The number of benzene rings is 1. The number of halogens is 1. The summed E-state index contributed by atoms with van der Waals surface area (Å²) in [4.78, 5) is 0. The van der Waals surface area contributed by atoms with Gasteiger partial charge in [0, 0.05) is 17.4 Å². The Morgan fingerprint density at radius 1 is 1.27 bits per heavy atom. The van der Waals surface area contributed by atoms with Gasteiger partial charge in [0.1, 0.15) is 0 Å². The number of hydrogen-bond acceptors (Lipinski definition) is 1. The highest BCUT2D eigenvalue weighted by atomic mass is 35.5. The SMILES string of the molecule is Cc1ccc(CNn2cccc2)c(Cl)c1. The third kappa shape index (κ3) is 2.54. The molecule has 0 saturated heterocycles. The van der Waals surface area contributed by atoms with Crippen LogP contribution in [-0.2, 0) is 6.54 Å². The van der Waals surface area contributed by atoms with Crippen molar-refractivity contribution >= 4 is 11.6 Å². The van der Waals surface area contributed by atoms with E-state index in [1.807, 2.05) is 48.3 Å². The van der Waals surface area contributed by atoms with Gasteiger partial charge in [-0.2, -0.15) is 0 Å². The molecule has 0 fully saturated rings. The predicted molar refractivity (Wildman–Crippen MR) is 63.7 cm³/mol. The molecule has 2 aromatic rings. The van der Waals surface area contributed by atoms with Crippen LogP contribution in [0.25, 0.3) is 0 Å². The van der Waals surface area contributed by atoms with Gasteiger partial charge in [-0.1, -0.05) is 23.7 Å². The van der Waals surface area contributed by atoms with Gasteiger partial charge in [-0.25, -0.2) is 0 Å². The highest BCUT2D eigenvalue weighted by Gasteiger charge is 1.99. The van der Waals surface area contributed by atoms with E-state index in [1.54, 1.807) is 0 Å². The van der Waals surface area contributed by atoms with Crippen molar-refractivity contribution in [2.75, 3.05) is 5.43 Å². The highest BCUT2D eigenvalue weighted by molar-refractivity contribution is 6.31. The minimum Gasteiger partial charge on any atom is -0.322 e. The van der Waals surface area contributed by atoms with E-state index in [0.717, 1.165) is 17.1 Å². The van der Waals surface area contributed by atoms with Crippen LogP contribution in [0.2, 0.25) is 5.02 Å².